The zero-order valence-electron chi connectivity index (χ0n) is 21.5. The van der Waals surface area contributed by atoms with Crippen LogP contribution in [0.25, 0.3) is 0 Å². The second-order valence-electron chi connectivity index (χ2n) is 9.10. The first-order valence-electron chi connectivity index (χ1n) is 12.9. The number of methoxy groups -OCH3 is 1. The Balaban J connectivity index is 1.53. The van der Waals surface area contributed by atoms with Gasteiger partial charge in [-0.25, -0.2) is 0 Å². The van der Waals surface area contributed by atoms with Crippen molar-refractivity contribution in [2.24, 2.45) is 0 Å². The summed E-state index contributed by atoms with van der Waals surface area (Å²) in [6.45, 7) is 2.76. The topological polar surface area (TPSA) is 50.8 Å². The van der Waals surface area contributed by atoms with E-state index in [-0.39, 0.29) is 24.1 Å². The fourth-order valence-corrected chi connectivity index (χ4v) is 6.10. The number of hydrogen-bond donors (Lipinski definition) is 2. The molecule has 0 aromatic heterocycles. The Morgan fingerprint density at radius 3 is 2.49 bits per heavy atom. The monoisotopic (exact) mass is 536 g/mol. The SMILES string of the molecule is CCC(=O)N(c1ccccc1)C1CCNC(C(CCSc2ccccc2OC)Oc2ccccc2S)C1. The van der Waals surface area contributed by atoms with Gasteiger partial charge >= 0.3 is 0 Å². The molecule has 0 bridgehead atoms. The first-order chi connectivity index (χ1) is 18.1. The molecule has 4 rings (SSSR count). The molecule has 1 amide bonds. The number of rotatable bonds is 11. The van der Waals surface area contributed by atoms with Gasteiger partial charge < -0.3 is 19.7 Å². The first-order valence-corrected chi connectivity index (χ1v) is 14.3. The van der Waals surface area contributed by atoms with Crippen LogP contribution in [0.1, 0.15) is 32.6 Å². The Hall–Kier alpha value is -2.61. The van der Waals surface area contributed by atoms with Gasteiger partial charge in [0.1, 0.15) is 17.6 Å². The van der Waals surface area contributed by atoms with Crippen molar-refractivity contribution in [1.29, 1.82) is 0 Å². The fraction of sp³-hybridized carbons (Fsp3) is 0.367. The number of carbonyl (C=O) groups excluding carboxylic acids is 1. The maximum atomic E-state index is 13.1. The largest absolute Gasteiger partial charge is 0.496 e. The summed E-state index contributed by atoms with van der Waals surface area (Å²) in [6, 6.07) is 26.2. The third kappa shape index (κ3) is 7.24. The number of benzene rings is 3. The standard InChI is InChI=1S/C30H36N2O3S2/c1-3-30(33)32(22-11-5-4-6-12-22)23-17-19-31-24(21-23)25(35-26-13-7-9-15-28(26)36)18-20-37-29-16-10-8-14-27(29)34-2/h4-16,23-25,31,36H,3,17-21H2,1-2H3. The minimum atomic E-state index is -0.0762. The quantitative estimate of drug-likeness (QED) is 0.217. The number of amides is 1. The maximum Gasteiger partial charge on any atom is 0.226 e. The van der Waals surface area contributed by atoms with Crippen LogP contribution in [0.3, 0.4) is 0 Å². The Kier molecular flexibility index (Phi) is 10.2. The molecule has 5 nitrogen and oxygen atoms in total. The lowest BCUT2D eigenvalue weighted by molar-refractivity contribution is -0.119. The number of thiol groups is 1. The molecule has 0 radical (unpaired) electrons. The van der Waals surface area contributed by atoms with Crippen LogP contribution in [0.2, 0.25) is 0 Å². The Labute approximate surface area is 230 Å². The van der Waals surface area contributed by atoms with Crippen molar-refractivity contribution >= 4 is 36.0 Å². The fourth-order valence-electron chi connectivity index (χ4n) is 4.85. The molecule has 7 heteroatoms. The minimum absolute atomic E-state index is 0.0762. The summed E-state index contributed by atoms with van der Waals surface area (Å²) in [5.74, 6) is 2.70. The highest BCUT2D eigenvalue weighted by Gasteiger charge is 2.34. The van der Waals surface area contributed by atoms with E-state index < -0.39 is 0 Å². The lowest BCUT2D eigenvalue weighted by atomic mass is 9.92. The second kappa shape index (κ2) is 13.8. The van der Waals surface area contributed by atoms with E-state index in [0.717, 1.165) is 58.5 Å². The number of thioether (sulfide) groups is 1. The number of carbonyl (C=O) groups is 1. The summed E-state index contributed by atoms with van der Waals surface area (Å²) in [5, 5.41) is 3.70. The van der Waals surface area contributed by atoms with E-state index in [1.54, 1.807) is 18.9 Å². The van der Waals surface area contributed by atoms with E-state index in [4.69, 9.17) is 9.47 Å². The van der Waals surface area contributed by atoms with Gasteiger partial charge in [-0.05, 0) is 62.2 Å². The van der Waals surface area contributed by atoms with Crippen molar-refractivity contribution in [3.63, 3.8) is 0 Å². The molecular weight excluding hydrogens is 500 g/mol. The molecular formula is C30H36N2O3S2. The Morgan fingerprint density at radius 1 is 1.05 bits per heavy atom. The van der Waals surface area contributed by atoms with Gasteiger partial charge in [0.15, 0.2) is 0 Å². The molecule has 3 atom stereocenters. The van der Waals surface area contributed by atoms with E-state index in [9.17, 15) is 4.79 Å². The number of piperidine rings is 1. The number of nitrogens with zero attached hydrogens (tertiary/aromatic N) is 1. The molecule has 0 spiro atoms. The van der Waals surface area contributed by atoms with Crippen LogP contribution < -0.4 is 19.7 Å². The number of anilines is 1. The van der Waals surface area contributed by atoms with E-state index in [1.165, 1.54) is 0 Å². The van der Waals surface area contributed by atoms with Gasteiger partial charge in [0.2, 0.25) is 5.91 Å². The molecule has 1 aliphatic heterocycles. The highest BCUT2D eigenvalue weighted by molar-refractivity contribution is 7.99. The van der Waals surface area contributed by atoms with Gasteiger partial charge in [0.05, 0.1) is 7.11 Å². The van der Waals surface area contributed by atoms with Gasteiger partial charge in [-0.1, -0.05) is 49.4 Å². The molecule has 1 saturated heterocycles. The van der Waals surface area contributed by atoms with Crippen LogP contribution in [-0.2, 0) is 4.79 Å². The third-order valence-corrected chi connectivity index (χ3v) is 8.16. The number of ether oxygens (including phenoxy) is 2. The van der Waals surface area contributed by atoms with E-state index >= 15 is 0 Å². The van der Waals surface area contributed by atoms with Gasteiger partial charge in [-0.2, -0.15) is 0 Å². The summed E-state index contributed by atoms with van der Waals surface area (Å²) < 4.78 is 12.1. The smallest absolute Gasteiger partial charge is 0.226 e. The summed E-state index contributed by atoms with van der Waals surface area (Å²) in [5.41, 5.74) is 0.963. The minimum Gasteiger partial charge on any atom is -0.496 e. The third-order valence-electron chi connectivity index (χ3n) is 6.70. The van der Waals surface area contributed by atoms with E-state index in [0.29, 0.717) is 6.42 Å². The van der Waals surface area contributed by atoms with Crippen LogP contribution in [-0.4, -0.2) is 43.5 Å². The van der Waals surface area contributed by atoms with Crippen molar-refractivity contribution in [3.05, 3.63) is 78.9 Å². The second-order valence-corrected chi connectivity index (χ2v) is 10.7. The first kappa shape index (κ1) is 27.4. The predicted molar refractivity (Wildman–Crippen MR) is 155 cm³/mol. The molecule has 37 heavy (non-hydrogen) atoms. The van der Waals surface area contributed by atoms with Crippen LogP contribution in [0.4, 0.5) is 5.69 Å². The Morgan fingerprint density at radius 2 is 1.76 bits per heavy atom. The van der Waals surface area contributed by atoms with Crippen LogP contribution >= 0.6 is 24.4 Å². The normalized spacial score (nSPS) is 18.1. The van der Waals surface area contributed by atoms with Gasteiger partial charge in [0, 0.05) is 39.7 Å². The molecule has 0 saturated carbocycles. The summed E-state index contributed by atoms with van der Waals surface area (Å²) in [6.07, 6.45) is 2.96. The van der Waals surface area contributed by atoms with Crippen LogP contribution in [0, 0.1) is 0 Å². The summed E-state index contributed by atoms with van der Waals surface area (Å²) in [4.78, 5) is 17.0. The van der Waals surface area contributed by atoms with Crippen molar-refractivity contribution < 1.29 is 14.3 Å². The number of para-hydroxylation sites is 3. The van der Waals surface area contributed by atoms with Gasteiger partial charge in [-0.15, -0.1) is 24.4 Å². The average molecular weight is 537 g/mol. The summed E-state index contributed by atoms with van der Waals surface area (Å²) in [7, 11) is 1.71. The predicted octanol–water partition coefficient (Wildman–Crippen LogP) is 6.48. The van der Waals surface area contributed by atoms with Gasteiger partial charge in [0.25, 0.3) is 0 Å². The summed E-state index contributed by atoms with van der Waals surface area (Å²) >= 11 is 6.40. The lowest BCUT2D eigenvalue weighted by Crippen LogP contribution is -2.55. The average Bonchev–Trinajstić information content (AvgIpc) is 2.94. The lowest BCUT2D eigenvalue weighted by Gasteiger charge is -2.40. The highest BCUT2D eigenvalue weighted by atomic mass is 32.2. The molecule has 1 N–H and O–H groups in total. The molecule has 3 aromatic carbocycles. The van der Waals surface area contributed by atoms with Gasteiger partial charge in [-0.3, -0.25) is 4.79 Å². The zero-order chi connectivity index (χ0) is 26.0. The maximum absolute atomic E-state index is 13.1. The molecule has 196 valence electrons. The van der Waals surface area contributed by atoms with Crippen molar-refractivity contribution in [2.45, 2.75) is 60.6 Å². The molecule has 1 aliphatic rings. The van der Waals surface area contributed by atoms with Crippen LogP contribution in [0.15, 0.2) is 88.7 Å². The zero-order valence-corrected chi connectivity index (χ0v) is 23.2. The molecule has 3 aromatic rings. The molecule has 0 aliphatic carbocycles. The van der Waals surface area contributed by atoms with E-state index in [1.807, 2.05) is 84.6 Å². The number of nitrogens with one attached hydrogen (secondary N) is 1. The van der Waals surface area contributed by atoms with Crippen molar-refractivity contribution in [1.82, 2.24) is 5.32 Å². The molecule has 1 heterocycles. The van der Waals surface area contributed by atoms with Crippen LogP contribution in [0.5, 0.6) is 11.5 Å². The molecule has 1 fully saturated rings. The Bertz CT molecular complexity index is 1140. The highest BCUT2D eigenvalue weighted by Crippen LogP contribution is 2.32. The van der Waals surface area contributed by atoms with Crippen molar-refractivity contribution in [2.75, 3.05) is 24.3 Å². The van der Waals surface area contributed by atoms with E-state index in [2.05, 4.69) is 24.0 Å². The molecule has 3 unspecified atom stereocenters. The number of hydrogen-bond acceptors (Lipinski definition) is 6. The van der Waals surface area contributed by atoms with Crippen molar-refractivity contribution in [3.8, 4) is 11.5 Å².